The second kappa shape index (κ2) is 5.23. The normalized spacial score (nSPS) is 10.0. The van der Waals surface area contributed by atoms with Crippen LogP contribution in [0.1, 0.15) is 5.56 Å². The van der Waals surface area contributed by atoms with Gasteiger partial charge in [0.15, 0.2) is 0 Å². The second-order valence-corrected chi connectivity index (χ2v) is 3.64. The first-order valence-electron chi connectivity index (χ1n) is 4.81. The molecule has 0 aliphatic heterocycles. The summed E-state index contributed by atoms with van der Waals surface area (Å²) in [7, 11) is 4.05. The molecule has 0 unspecified atom stereocenters. The molecule has 0 amide bonds. The van der Waals surface area contributed by atoms with E-state index in [2.05, 4.69) is 10.2 Å². The Morgan fingerprint density at radius 3 is 2.73 bits per heavy atom. The van der Waals surface area contributed by atoms with Crippen LogP contribution in [0.5, 0.6) is 0 Å². The number of rotatable bonds is 4. The molecule has 0 radical (unpaired) electrons. The van der Waals surface area contributed by atoms with Gasteiger partial charge in [-0.05, 0) is 32.3 Å². The average molecular weight is 204 g/mol. The predicted molar refractivity (Wildman–Crippen MR) is 62.6 cm³/mol. The topological polar surface area (TPSA) is 65.1 Å². The molecule has 4 heteroatoms. The van der Waals surface area contributed by atoms with Crippen LogP contribution in [-0.4, -0.2) is 32.1 Å². The van der Waals surface area contributed by atoms with Gasteiger partial charge >= 0.3 is 0 Å². The monoisotopic (exact) mass is 204 g/mol. The van der Waals surface area contributed by atoms with Crippen molar-refractivity contribution in [1.29, 1.82) is 5.26 Å². The van der Waals surface area contributed by atoms with Crippen LogP contribution in [0.15, 0.2) is 18.2 Å². The van der Waals surface area contributed by atoms with E-state index >= 15 is 0 Å². The molecule has 15 heavy (non-hydrogen) atoms. The molecule has 0 saturated heterocycles. The highest BCUT2D eigenvalue weighted by atomic mass is 15.1. The molecule has 0 aromatic heterocycles. The molecule has 0 spiro atoms. The van der Waals surface area contributed by atoms with Gasteiger partial charge in [0.05, 0.1) is 11.3 Å². The van der Waals surface area contributed by atoms with Gasteiger partial charge in [0, 0.05) is 18.8 Å². The maximum absolute atomic E-state index is 8.70. The average Bonchev–Trinajstić information content (AvgIpc) is 2.17. The lowest BCUT2D eigenvalue weighted by Crippen LogP contribution is -2.20. The van der Waals surface area contributed by atoms with E-state index in [0.29, 0.717) is 11.3 Å². The zero-order valence-electron chi connectivity index (χ0n) is 9.12. The molecule has 1 aromatic rings. The number of nitrogens with one attached hydrogen (secondary N) is 1. The number of hydrogen-bond acceptors (Lipinski definition) is 4. The molecular formula is C11H16N4. The van der Waals surface area contributed by atoms with Gasteiger partial charge in [-0.1, -0.05) is 0 Å². The Balaban J connectivity index is 2.57. The third kappa shape index (κ3) is 3.49. The summed E-state index contributed by atoms with van der Waals surface area (Å²) in [4.78, 5) is 2.10. The Kier molecular flexibility index (Phi) is 3.95. The van der Waals surface area contributed by atoms with Crippen LogP contribution < -0.4 is 11.1 Å². The molecule has 0 atom stereocenters. The minimum Gasteiger partial charge on any atom is -0.398 e. The summed E-state index contributed by atoms with van der Waals surface area (Å²) in [6.45, 7) is 1.82. The van der Waals surface area contributed by atoms with E-state index in [1.54, 1.807) is 12.1 Å². The summed E-state index contributed by atoms with van der Waals surface area (Å²) in [5, 5.41) is 11.9. The largest absolute Gasteiger partial charge is 0.398 e. The molecule has 0 bridgehead atoms. The van der Waals surface area contributed by atoms with Gasteiger partial charge in [0.1, 0.15) is 6.07 Å². The van der Waals surface area contributed by atoms with Crippen LogP contribution in [0.4, 0.5) is 11.4 Å². The van der Waals surface area contributed by atoms with Gasteiger partial charge in [-0.3, -0.25) is 0 Å². The SMILES string of the molecule is CN(C)CCNc1ccc(C#N)c(N)c1. The van der Waals surface area contributed by atoms with E-state index in [9.17, 15) is 0 Å². The van der Waals surface area contributed by atoms with Crippen LogP contribution in [-0.2, 0) is 0 Å². The van der Waals surface area contributed by atoms with E-state index < -0.39 is 0 Å². The Morgan fingerprint density at radius 2 is 2.20 bits per heavy atom. The van der Waals surface area contributed by atoms with Crippen molar-refractivity contribution in [3.05, 3.63) is 23.8 Å². The van der Waals surface area contributed by atoms with E-state index in [4.69, 9.17) is 11.0 Å². The Labute approximate surface area is 90.3 Å². The highest BCUT2D eigenvalue weighted by molar-refractivity contribution is 5.62. The third-order valence-electron chi connectivity index (χ3n) is 2.06. The number of nitriles is 1. The minimum atomic E-state index is 0.521. The van der Waals surface area contributed by atoms with Crippen molar-refractivity contribution in [2.24, 2.45) is 0 Å². The van der Waals surface area contributed by atoms with Crippen molar-refractivity contribution in [2.75, 3.05) is 38.2 Å². The molecule has 0 heterocycles. The first kappa shape index (κ1) is 11.3. The fourth-order valence-corrected chi connectivity index (χ4v) is 1.20. The smallest absolute Gasteiger partial charge is 0.101 e. The number of benzene rings is 1. The number of nitrogens with zero attached hydrogens (tertiary/aromatic N) is 2. The quantitative estimate of drug-likeness (QED) is 0.721. The van der Waals surface area contributed by atoms with Crippen molar-refractivity contribution in [3.63, 3.8) is 0 Å². The molecule has 1 rings (SSSR count). The highest BCUT2D eigenvalue weighted by Crippen LogP contribution is 2.16. The van der Waals surface area contributed by atoms with Crippen LogP contribution in [0.2, 0.25) is 0 Å². The number of nitrogens with two attached hydrogens (primary N) is 1. The lowest BCUT2D eigenvalue weighted by molar-refractivity contribution is 0.425. The Bertz CT molecular complexity index is 365. The molecule has 0 saturated carbocycles. The van der Waals surface area contributed by atoms with Crippen molar-refractivity contribution >= 4 is 11.4 Å². The van der Waals surface area contributed by atoms with Gasteiger partial charge in [-0.2, -0.15) is 5.26 Å². The highest BCUT2D eigenvalue weighted by Gasteiger charge is 1.99. The summed E-state index contributed by atoms with van der Waals surface area (Å²) >= 11 is 0. The minimum absolute atomic E-state index is 0.521. The molecule has 4 nitrogen and oxygen atoms in total. The number of hydrogen-bond donors (Lipinski definition) is 2. The lowest BCUT2D eigenvalue weighted by atomic mass is 10.2. The molecule has 3 N–H and O–H groups in total. The Morgan fingerprint density at radius 1 is 1.47 bits per heavy atom. The fourth-order valence-electron chi connectivity index (χ4n) is 1.20. The molecule has 0 fully saturated rings. The number of likely N-dealkylation sites (N-methyl/N-ethyl adjacent to an activating group) is 1. The van der Waals surface area contributed by atoms with Gasteiger partial charge in [0.25, 0.3) is 0 Å². The van der Waals surface area contributed by atoms with Crippen LogP contribution >= 0.6 is 0 Å². The standard InChI is InChI=1S/C11H16N4/c1-15(2)6-5-14-10-4-3-9(8-12)11(13)7-10/h3-4,7,14H,5-6,13H2,1-2H3. The maximum Gasteiger partial charge on any atom is 0.101 e. The first-order valence-corrected chi connectivity index (χ1v) is 4.81. The van der Waals surface area contributed by atoms with E-state index in [0.717, 1.165) is 18.8 Å². The summed E-state index contributed by atoms with van der Waals surface area (Å²) in [6.07, 6.45) is 0. The summed E-state index contributed by atoms with van der Waals surface area (Å²) in [5.41, 5.74) is 7.68. The van der Waals surface area contributed by atoms with E-state index in [-0.39, 0.29) is 0 Å². The van der Waals surface area contributed by atoms with Crippen molar-refractivity contribution in [2.45, 2.75) is 0 Å². The zero-order chi connectivity index (χ0) is 11.3. The summed E-state index contributed by atoms with van der Waals surface area (Å²) < 4.78 is 0. The fraction of sp³-hybridized carbons (Fsp3) is 0.364. The van der Waals surface area contributed by atoms with Crippen LogP contribution in [0, 0.1) is 11.3 Å². The van der Waals surface area contributed by atoms with Crippen molar-refractivity contribution < 1.29 is 0 Å². The lowest BCUT2D eigenvalue weighted by Gasteiger charge is -2.11. The van der Waals surface area contributed by atoms with Gasteiger partial charge in [-0.15, -0.1) is 0 Å². The van der Waals surface area contributed by atoms with Gasteiger partial charge < -0.3 is 16.0 Å². The van der Waals surface area contributed by atoms with Gasteiger partial charge in [0.2, 0.25) is 0 Å². The van der Waals surface area contributed by atoms with E-state index in [1.807, 2.05) is 26.2 Å². The number of nitrogen functional groups attached to an aromatic ring is 1. The van der Waals surface area contributed by atoms with Gasteiger partial charge in [-0.25, -0.2) is 0 Å². The van der Waals surface area contributed by atoms with E-state index in [1.165, 1.54) is 0 Å². The molecule has 0 aliphatic rings. The maximum atomic E-state index is 8.70. The number of anilines is 2. The zero-order valence-corrected chi connectivity index (χ0v) is 9.12. The predicted octanol–water partition coefficient (Wildman–Crippen LogP) is 1.11. The molecule has 0 aliphatic carbocycles. The molecule has 1 aromatic carbocycles. The van der Waals surface area contributed by atoms with Crippen molar-refractivity contribution in [3.8, 4) is 6.07 Å². The second-order valence-electron chi connectivity index (χ2n) is 3.64. The van der Waals surface area contributed by atoms with Crippen LogP contribution in [0.25, 0.3) is 0 Å². The Hall–Kier alpha value is -1.73. The first-order chi connectivity index (χ1) is 7.13. The van der Waals surface area contributed by atoms with Crippen molar-refractivity contribution in [1.82, 2.24) is 4.90 Å². The summed E-state index contributed by atoms with van der Waals surface area (Å²) in [6, 6.07) is 7.42. The third-order valence-corrected chi connectivity index (χ3v) is 2.06. The molecule has 80 valence electrons. The molecular weight excluding hydrogens is 188 g/mol. The van der Waals surface area contributed by atoms with Crippen LogP contribution in [0.3, 0.4) is 0 Å². The summed E-state index contributed by atoms with van der Waals surface area (Å²) in [5.74, 6) is 0.